The molecule has 0 spiro atoms. The lowest BCUT2D eigenvalue weighted by Gasteiger charge is -2.11. The topological polar surface area (TPSA) is 59.6 Å². The van der Waals surface area contributed by atoms with E-state index in [9.17, 15) is 9.18 Å². The smallest absolute Gasteiger partial charge is 0.238 e. The Hall–Kier alpha value is -1.37. The average molecular weight is 307 g/mol. The van der Waals surface area contributed by atoms with Crippen molar-refractivity contribution in [2.24, 2.45) is 0 Å². The van der Waals surface area contributed by atoms with Crippen LogP contribution in [0.3, 0.4) is 0 Å². The van der Waals surface area contributed by atoms with Crippen LogP contribution < -0.4 is 15.4 Å². The van der Waals surface area contributed by atoms with Gasteiger partial charge in [-0.05, 0) is 19.1 Å². The summed E-state index contributed by atoms with van der Waals surface area (Å²) in [6, 6.07) is 4.00. The normalized spacial score (nSPS) is 9.75. The van der Waals surface area contributed by atoms with E-state index >= 15 is 0 Å². The number of amides is 1. The molecule has 0 saturated carbocycles. The Labute approximate surface area is 124 Å². The van der Waals surface area contributed by atoms with Crippen molar-refractivity contribution in [1.29, 1.82) is 0 Å². The molecule has 0 aromatic heterocycles. The molecule has 0 aliphatic heterocycles. The molecule has 7 heteroatoms. The Balaban J connectivity index is 0.00000361. The number of anilines is 1. The largest absolute Gasteiger partial charge is 0.492 e. The Morgan fingerprint density at radius 2 is 2.15 bits per heavy atom. The van der Waals surface area contributed by atoms with E-state index in [-0.39, 0.29) is 24.9 Å². The second kappa shape index (κ2) is 10.4. The molecule has 0 unspecified atom stereocenters. The summed E-state index contributed by atoms with van der Waals surface area (Å²) in [6.07, 6.45) is 0. The highest BCUT2D eigenvalue weighted by Crippen LogP contribution is 2.25. The van der Waals surface area contributed by atoms with E-state index < -0.39 is 5.82 Å². The number of halogens is 2. The van der Waals surface area contributed by atoms with Gasteiger partial charge < -0.3 is 20.1 Å². The average Bonchev–Trinajstić information content (AvgIpc) is 2.38. The van der Waals surface area contributed by atoms with E-state index in [0.717, 1.165) is 0 Å². The van der Waals surface area contributed by atoms with Crippen molar-refractivity contribution in [3.63, 3.8) is 0 Å². The van der Waals surface area contributed by atoms with Gasteiger partial charge in [0.15, 0.2) is 0 Å². The minimum atomic E-state index is -0.403. The molecule has 0 heterocycles. The van der Waals surface area contributed by atoms with E-state index in [1.165, 1.54) is 18.2 Å². The Kier molecular flexibility index (Phi) is 9.71. The van der Waals surface area contributed by atoms with Gasteiger partial charge in [0, 0.05) is 19.7 Å². The van der Waals surface area contributed by atoms with Gasteiger partial charge in [-0.1, -0.05) is 0 Å². The summed E-state index contributed by atoms with van der Waals surface area (Å²) < 4.78 is 23.2. The van der Waals surface area contributed by atoms with Crippen molar-refractivity contribution >= 4 is 24.0 Å². The highest BCUT2D eigenvalue weighted by Gasteiger charge is 2.08. The molecule has 1 aromatic carbocycles. The molecular weight excluding hydrogens is 287 g/mol. The van der Waals surface area contributed by atoms with E-state index in [4.69, 9.17) is 9.47 Å². The third-order valence-electron chi connectivity index (χ3n) is 2.29. The first kappa shape index (κ1) is 18.6. The number of hydrogen-bond acceptors (Lipinski definition) is 4. The van der Waals surface area contributed by atoms with Gasteiger partial charge in [0.2, 0.25) is 5.91 Å². The van der Waals surface area contributed by atoms with Crippen molar-refractivity contribution in [3.05, 3.63) is 24.0 Å². The highest BCUT2D eigenvalue weighted by atomic mass is 35.5. The summed E-state index contributed by atoms with van der Waals surface area (Å²) >= 11 is 0. The number of carbonyl (C=O) groups is 1. The Bertz CT molecular complexity index is 419. The molecule has 5 nitrogen and oxygen atoms in total. The summed E-state index contributed by atoms with van der Waals surface area (Å²) in [4.78, 5) is 11.7. The Morgan fingerprint density at radius 3 is 2.80 bits per heavy atom. The number of nitrogens with one attached hydrogen (secondary N) is 2. The standard InChI is InChI=1S/C13H19FN2O3.ClH/c1-3-19-12-8-10(14)4-5-11(12)16-13(17)9-15-6-7-18-2;/h4-5,8,15H,3,6-7,9H2,1-2H3,(H,16,17);1H. The number of methoxy groups -OCH3 is 1. The number of benzene rings is 1. The fourth-order valence-corrected chi connectivity index (χ4v) is 1.44. The molecule has 114 valence electrons. The van der Waals surface area contributed by atoms with Crippen LogP contribution >= 0.6 is 12.4 Å². The van der Waals surface area contributed by atoms with Gasteiger partial charge in [-0.15, -0.1) is 12.4 Å². The summed E-state index contributed by atoms with van der Waals surface area (Å²) in [6.45, 7) is 3.48. The SMILES string of the molecule is CCOc1cc(F)ccc1NC(=O)CNCCOC.Cl. The minimum absolute atomic E-state index is 0. The van der Waals surface area contributed by atoms with Crippen LogP contribution in [-0.2, 0) is 9.53 Å². The van der Waals surface area contributed by atoms with Crippen molar-refractivity contribution in [2.45, 2.75) is 6.92 Å². The molecule has 20 heavy (non-hydrogen) atoms. The lowest BCUT2D eigenvalue weighted by atomic mass is 10.2. The van der Waals surface area contributed by atoms with Gasteiger partial charge in [0.1, 0.15) is 11.6 Å². The molecule has 0 fully saturated rings. The van der Waals surface area contributed by atoms with Gasteiger partial charge in [0.25, 0.3) is 0 Å². The molecule has 0 radical (unpaired) electrons. The molecule has 0 aliphatic rings. The van der Waals surface area contributed by atoms with Gasteiger partial charge in [-0.3, -0.25) is 4.79 Å². The zero-order chi connectivity index (χ0) is 14.1. The molecule has 2 N–H and O–H groups in total. The number of rotatable bonds is 8. The van der Waals surface area contributed by atoms with Crippen LogP contribution in [0.4, 0.5) is 10.1 Å². The van der Waals surface area contributed by atoms with Crippen molar-refractivity contribution in [2.75, 3.05) is 38.7 Å². The van der Waals surface area contributed by atoms with Crippen LogP contribution in [-0.4, -0.2) is 39.3 Å². The zero-order valence-electron chi connectivity index (χ0n) is 11.6. The van der Waals surface area contributed by atoms with Crippen LogP contribution in [0.15, 0.2) is 18.2 Å². The van der Waals surface area contributed by atoms with Crippen LogP contribution in [0.25, 0.3) is 0 Å². The summed E-state index contributed by atoms with van der Waals surface area (Å²) in [5.74, 6) is -0.295. The first-order valence-corrected chi connectivity index (χ1v) is 6.09. The third-order valence-corrected chi connectivity index (χ3v) is 2.29. The first-order chi connectivity index (χ1) is 9.17. The monoisotopic (exact) mass is 306 g/mol. The van der Waals surface area contributed by atoms with Crippen LogP contribution in [0.2, 0.25) is 0 Å². The van der Waals surface area contributed by atoms with E-state index in [1.54, 1.807) is 14.0 Å². The molecular formula is C13H20ClFN2O3. The molecule has 0 saturated heterocycles. The lowest BCUT2D eigenvalue weighted by Crippen LogP contribution is -2.30. The molecule has 1 amide bonds. The predicted molar refractivity (Wildman–Crippen MR) is 78.2 cm³/mol. The zero-order valence-corrected chi connectivity index (χ0v) is 12.4. The van der Waals surface area contributed by atoms with Crippen molar-refractivity contribution in [3.8, 4) is 5.75 Å². The first-order valence-electron chi connectivity index (χ1n) is 6.09. The van der Waals surface area contributed by atoms with E-state index in [2.05, 4.69) is 10.6 Å². The maximum atomic E-state index is 13.1. The van der Waals surface area contributed by atoms with Gasteiger partial charge >= 0.3 is 0 Å². The van der Waals surface area contributed by atoms with Crippen LogP contribution in [0, 0.1) is 5.82 Å². The number of hydrogen-bond donors (Lipinski definition) is 2. The lowest BCUT2D eigenvalue weighted by molar-refractivity contribution is -0.115. The third kappa shape index (κ3) is 6.70. The maximum absolute atomic E-state index is 13.1. The quantitative estimate of drug-likeness (QED) is 0.719. The molecule has 0 bridgehead atoms. The molecule has 1 aromatic rings. The Morgan fingerprint density at radius 1 is 1.40 bits per heavy atom. The summed E-state index contributed by atoms with van der Waals surface area (Å²) in [5.41, 5.74) is 0.460. The van der Waals surface area contributed by atoms with Crippen LogP contribution in [0.5, 0.6) is 5.75 Å². The fourth-order valence-electron chi connectivity index (χ4n) is 1.44. The number of carbonyl (C=O) groups excluding carboxylic acids is 1. The second-order valence-electron chi connectivity index (χ2n) is 3.79. The van der Waals surface area contributed by atoms with Crippen LogP contribution in [0.1, 0.15) is 6.92 Å². The second-order valence-corrected chi connectivity index (χ2v) is 3.79. The van der Waals surface area contributed by atoms with E-state index in [1.807, 2.05) is 0 Å². The van der Waals surface area contributed by atoms with Crippen molar-refractivity contribution < 1.29 is 18.7 Å². The fraction of sp³-hybridized carbons (Fsp3) is 0.462. The summed E-state index contributed by atoms with van der Waals surface area (Å²) in [5, 5.41) is 5.58. The van der Waals surface area contributed by atoms with Gasteiger partial charge in [-0.2, -0.15) is 0 Å². The van der Waals surface area contributed by atoms with E-state index in [0.29, 0.717) is 31.2 Å². The maximum Gasteiger partial charge on any atom is 0.238 e. The minimum Gasteiger partial charge on any atom is -0.492 e. The predicted octanol–water partition coefficient (Wildman–Crippen LogP) is 1.82. The van der Waals surface area contributed by atoms with Crippen molar-refractivity contribution in [1.82, 2.24) is 5.32 Å². The highest BCUT2D eigenvalue weighted by molar-refractivity contribution is 5.93. The summed E-state index contributed by atoms with van der Waals surface area (Å²) in [7, 11) is 1.59. The van der Waals surface area contributed by atoms with Gasteiger partial charge in [0.05, 0.1) is 25.4 Å². The van der Waals surface area contributed by atoms with Gasteiger partial charge in [-0.25, -0.2) is 4.39 Å². The molecule has 0 atom stereocenters. The molecule has 1 rings (SSSR count). The molecule has 0 aliphatic carbocycles. The number of ether oxygens (including phenoxy) is 2.